The van der Waals surface area contributed by atoms with Crippen molar-refractivity contribution in [3.8, 4) is 0 Å². The van der Waals surface area contributed by atoms with E-state index in [9.17, 15) is 14.7 Å². The summed E-state index contributed by atoms with van der Waals surface area (Å²) in [5.74, 6) is -0.559. The molecule has 19 heavy (non-hydrogen) atoms. The lowest BCUT2D eigenvalue weighted by atomic mass is 9.78. The van der Waals surface area contributed by atoms with E-state index in [0.717, 1.165) is 38.1 Å². The Hall–Kier alpha value is -0.710. The summed E-state index contributed by atoms with van der Waals surface area (Å²) in [5, 5.41) is 9.28. The predicted molar refractivity (Wildman–Crippen MR) is 76.2 cm³/mol. The molecule has 1 aliphatic carbocycles. The summed E-state index contributed by atoms with van der Waals surface area (Å²) in [6.07, 6.45) is 3.30. The molecular formula is C14H23NO3S. The third-order valence-electron chi connectivity index (χ3n) is 4.14. The van der Waals surface area contributed by atoms with Crippen LogP contribution in [0.4, 0.5) is 0 Å². The molecule has 1 saturated carbocycles. The van der Waals surface area contributed by atoms with E-state index in [4.69, 9.17) is 0 Å². The van der Waals surface area contributed by atoms with Gasteiger partial charge in [0.05, 0.1) is 11.8 Å². The van der Waals surface area contributed by atoms with E-state index < -0.39 is 11.9 Å². The lowest BCUT2D eigenvalue weighted by Crippen LogP contribution is -2.50. The molecule has 2 atom stereocenters. The third kappa shape index (κ3) is 3.44. The second-order valence-corrected chi connectivity index (χ2v) is 8.01. The van der Waals surface area contributed by atoms with Gasteiger partial charge in [0.2, 0.25) is 5.91 Å². The van der Waals surface area contributed by atoms with E-state index in [-0.39, 0.29) is 16.6 Å². The average molecular weight is 285 g/mol. The van der Waals surface area contributed by atoms with Gasteiger partial charge in [-0.05, 0) is 26.7 Å². The van der Waals surface area contributed by atoms with E-state index in [2.05, 4.69) is 13.8 Å². The number of hydrogen-bond donors (Lipinski definition) is 1. The molecule has 0 aromatic rings. The second-order valence-electron chi connectivity index (χ2n) is 6.20. The number of aliphatic carboxylic acids is 1. The monoisotopic (exact) mass is 285 g/mol. The highest BCUT2D eigenvalue weighted by atomic mass is 32.2. The Balaban J connectivity index is 2.06. The van der Waals surface area contributed by atoms with Crippen molar-refractivity contribution in [2.45, 2.75) is 44.3 Å². The van der Waals surface area contributed by atoms with Crippen molar-refractivity contribution in [3.63, 3.8) is 0 Å². The van der Waals surface area contributed by atoms with Crippen LogP contribution in [0.25, 0.3) is 0 Å². The normalized spacial score (nSPS) is 30.9. The smallest absolute Gasteiger partial charge is 0.307 e. The van der Waals surface area contributed by atoms with Gasteiger partial charge in [0, 0.05) is 23.6 Å². The lowest BCUT2D eigenvalue weighted by Gasteiger charge is -2.40. The number of nitrogens with zero attached hydrogens (tertiary/aromatic N) is 1. The first-order valence-corrected chi connectivity index (χ1v) is 8.05. The summed E-state index contributed by atoms with van der Waals surface area (Å²) in [5.41, 5.74) is 0. The zero-order chi connectivity index (χ0) is 14.0. The van der Waals surface area contributed by atoms with E-state index in [1.165, 1.54) is 0 Å². The fraction of sp³-hybridized carbons (Fsp3) is 0.857. The Morgan fingerprint density at radius 1 is 1.21 bits per heavy atom. The molecule has 0 aromatic heterocycles. The molecule has 0 aromatic carbocycles. The highest BCUT2D eigenvalue weighted by molar-refractivity contribution is 8.00. The third-order valence-corrected chi connectivity index (χ3v) is 5.43. The quantitative estimate of drug-likeness (QED) is 0.845. The Labute approximate surface area is 118 Å². The first kappa shape index (κ1) is 14.7. The molecule has 1 saturated heterocycles. The maximum Gasteiger partial charge on any atom is 0.307 e. The molecule has 1 amide bonds. The summed E-state index contributed by atoms with van der Waals surface area (Å²) in [7, 11) is 0. The van der Waals surface area contributed by atoms with E-state index >= 15 is 0 Å². The number of carboxylic acid groups (broad SMARTS) is 1. The van der Waals surface area contributed by atoms with Gasteiger partial charge in [0.25, 0.3) is 0 Å². The molecule has 4 nitrogen and oxygen atoms in total. The number of rotatable bonds is 2. The Bertz CT molecular complexity index is 370. The molecule has 2 aliphatic rings. The number of hydrogen-bond acceptors (Lipinski definition) is 3. The molecule has 0 bridgehead atoms. The lowest BCUT2D eigenvalue weighted by molar-refractivity contribution is -0.152. The molecule has 1 N–H and O–H groups in total. The van der Waals surface area contributed by atoms with Gasteiger partial charge in [-0.15, -0.1) is 0 Å². The summed E-state index contributed by atoms with van der Waals surface area (Å²) in [6, 6.07) is 0. The fourth-order valence-electron chi connectivity index (χ4n) is 3.16. The Morgan fingerprint density at radius 3 is 2.42 bits per heavy atom. The van der Waals surface area contributed by atoms with Crippen molar-refractivity contribution in [2.75, 3.05) is 18.8 Å². The highest BCUT2D eigenvalue weighted by Crippen LogP contribution is 2.35. The van der Waals surface area contributed by atoms with Crippen LogP contribution in [-0.4, -0.2) is 45.5 Å². The molecule has 2 rings (SSSR count). The zero-order valence-electron chi connectivity index (χ0n) is 11.7. The number of carbonyl (C=O) groups is 2. The van der Waals surface area contributed by atoms with Gasteiger partial charge in [-0.3, -0.25) is 9.59 Å². The zero-order valence-corrected chi connectivity index (χ0v) is 12.5. The van der Waals surface area contributed by atoms with Crippen molar-refractivity contribution < 1.29 is 14.7 Å². The number of thioether (sulfide) groups is 1. The van der Waals surface area contributed by atoms with Crippen LogP contribution >= 0.6 is 11.8 Å². The van der Waals surface area contributed by atoms with Crippen LogP contribution in [0.5, 0.6) is 0 Å². The standard InChI is InChI=1S/C14H23NO3S/c1-14(2)9-15(7-8-19-14)12(16)10-5-3-4-6-11(10)13(17)18/h10-11H,3-9H2,1-2H3,(H,17,18)/t10-,11+/m1/s1. The largest absolute Gasteiger partial charge is 0.481 e. The number of carboxylic acids is 1. The van der Waals surface area contributed by atoms with Crippen LogP contribution < -0.4 is 0 Å². The van der Waals surface area contributed by atoms with Crippen molar-refractivity contribution >= 4 is 23.6 Å². The van der Waals surface area contributed by atoms with Crippen molar-refractivity contribution in [3.05, 3.63) is 0 Å². The fourth-order valence-corrected chi connectivity index (χ4v) is 4.27. The van der Waals surface area contributed by atoms with Crippen molar-refractivity contribution in [2.24, 2.45) is 11.8 Å². The van der Waals surface area contributed by atoms with Crippen LogP contribution in [0.2, 0.25) is 0 Å². The predicted octanol–water partition coefficient (Wildman–Crippen LogP) is 2.23. The molecule has 0 unspecified atom stereocenters. The van der Waals surface area contributed by atoms with Crippen LogP contribution in [0.15, 0.2) is 0 Å². The van der Waals surface area contributed by atoms with Crippen molar-refractivity contribution in [1.82, 2.24) is 4.90 Å². The van der Waals surface area contributed by atoms with Gasteiger partial charge in [-0.2, -0.15) is 11.8 Å². The highest BCUT2D eigenvalue weighted by Gasteiger charge is 2.40. The van der Waals surface area contributed by atoms with E-state index in [1.54, 1.807) is 0 Å². The minimum absolute atomic E-state index is 0.0699. The van der Waals surface area contributed by atoms with Crippen LogP contribution in [0, 0.1) is 11.8 Å². The first-order valence-electron chi connectivity index (χ1n) is 7.06. The van der Waals surface area contributed by atoms with Gasteiger partial charge in [0.1, 0.15) is 0 Å². The Kier molecular flexibility index (Phi) is 4.43. The molecule has 2 fully saturated rings. The molecule has 0 radical (unpaired) electrons. The Morgan fingerprint density at radius 2 is 1.84 bits per heavy atom. The molecule has 5 heteroatoms. The van der Waals surface area contributed by atoms with Gasteiger partial charge in [-0.1, -0.05) is 12.8 Å². The second kappa shape index (κ2) is 5.73. The van der Waals surface area contributed by atoms with Gasteiger partial charge < -0.3 is 10.0 Å². The molecule has 1 heterocycles. The van der Waals surface area contributed by atoms with E-state index in [0.29, 0.717) is 6.42 Å². The van der Waals surface area contributed by atoms with Crippen LogP contribution in [0.3, 0.4) is 0 Å². The van der Waals surface area contributed by atoms with E-state index in [1.807, 2.05) is 16.7 Å². The molecule has 0 spiro atoms. The molecule has 1 aliphatic heterocycles. The summed E-state index contributed by atoms with van der Waals surface area (Å²) < 4.78 is 0.0846. The van der Waals surface area contributed by atoms with Gasteiger partial charge in [0.15, 0.2) is 0 Å². The summed E-state index contributed by atoms with van der Waals surface area (Å²) in [6.45, 7) is 5.79. The summed E-state index contributed by atoms with van der Waals surface area (Å²) in [4.78, 5) is 25.8. The number of amides is 1. The average Bonchev–Trinajstić information content (AvgIpc) is 2.36. The molecular weight excluding hydrogens is 262 g/mol. The van der Waals surface area contributed by atoms with Crippen molar-refractivity contribution in [1.29, 1.82) is 0 Å². The minimum Gasteiger partial charge on any atom is -0.481 e. The van der Waals surface area contributed by atoms with Crippen LogP contribution in [0.1, 0.15) is 39.5 Å². The first-order chi connectivity index (χ1) is 8.91. The van der Waals surface area contributed by atoms with Gasteiger partial charge in [-0.25, -0.2) is 0 Å². The number of carbonyl (C=O) groups excluding carboxylic acids is 1. The molecule has 108 valence electrons. The minimum atomic E-state index is -0.802. The summed E-state index contributed by atoms with van der Waals surface area (Å²) >= 11 is 1.89. The van der Waals surface area contributed by atoms with Crippen LogP contribution in [-0.2, 0) is 9.59 Å². The van der Waals surface area contributed by atoms with Gasteiger partial charge >= 0.3 is 5.97 Å². The SMILES string of the molecule is CC1(C)CN(C(=O)[C@@H]2CCCC[C@@H]2C(=O)O)CCS1. The maximum atomic E-state index is 12.6. The maximum absolute atomic E-state index is 12.6. The topological polar surface area (TPSA) is 57.6 Å².